The van der Waals surface area contributed by atoms with Crippen LogP contribution in [0.1, 0.15) is 89.8 Å². The molecule has 1 atom stereocenters. The molecule has 1 aliphatic heterocycles. The van der Waals surface area contributed by atoms with Crippen LogP contribution >= 0.6 is 0 Å². The van der Waals surface area contributed by atoms with Crippen molar-refractivity contribution in [3.05, 3.63) is 76.5 Å². The van der Waals surface area contributed by atoms with Crippen molar-refractivity contribution in [1.82, 2.24) is 9.88 Å². The van der Waals surface area contributed by atoms with Gasteiger partial charge < -0.3 is 24.9 Å². The fourth-order valence-corrected chi connectivity index (χ4v) is 4.26. The van der Waals surface area contributed by atoms with Gasteiger partial charge in [-0.1, -0.05) is 44.2 Å². The fourth-order valence-electron chi connectivity index (χ4n) is 4.26. The molecule has 2 heterocycles. The number of aliphatic carboxylic acids is 1. The molecule has 1 amide bonds. The fraction of sp³-hybridized carbons (Fsp3) is 0.500. The Morgan fingerprint density at radius 3 is 2.57 bits per heavy atom. The Morgan fingerprint density at radius 2 is 1.95 bits per heavy atom. The van der Waals surface area contributed by atoms with Gasteiger partial charge in [-0.15, -0.1) is 0 Å². The summed E-state index contributed by atoms with van der Waals surface area (Å²) in [5.41, 5.74) is 8.53. The van der Waals surface area contributed by atoms with Crippen LogP contribution in [0.5, 0.6) is 5.75 Å². The maximum atomic E-state index is 13.0. The van der Waals surface area contributed by atoms with E-state index < -0.39 is 12.0 Å². The monoisotopic (exact) mass is 579 g/mol. The van der Waals surface area contributed by atoms with Crippen LogP contribution in [-0.4, -0.2) is 45.1 Å². The molecule has 3 N–H and O–H groups in total. The molecule has 42 heavy (non-hydrogen) atoms. The molecule has 0 saturated carbocycles. The summed E-state index contributed by atoms with van der Waals surface area (Å²) in [6.07, 6.45) is 12.3. The van der Waals surface area contributed by atoms with Crippen LogP contribution in [0.3, 0.4) is 0 Å². The smallest absolute Gasteiger partial charge is 0.326 e. The molecule has 1 aliphatic rings. The van der Waals surface area contributed by atoms with E-state index in [0.717, 1.165) is 35.4 Å². The number of carbonyl (C=O) groups excluding carboxylic acids is 1. The lowest BCUT2D eigenvalue weighted by atomic mass is 9.93. The van der Waals surface area contributed by atoms with E-state index in [0.29, 0.717) is 36.2 Å². The van der Waals surface area contributed by atoms with Gasteiger partial charge in [-0.25, -0.2) is 9.78 Å². The zero-order chi connectivity index (χ0) is 31.4. The van der Waals surface area contributed by atoms with Gasteiger partial charge in [0.05, 0.1) is 12.3 Å². The summed E-state index contributed by atoms with van der Waals surface area (Å²) in [5.74, 6) is 1.46. The lowest BCUT2D eigenvalue weighted by molar-refractivity contribution is -0.149. The number of hydrogen-bond acceptors (Lipinski definition) is 6. The van der Waals surface area contributed by atoms with Crippen LogP contribution < -0.4 is 10.5 Å². The summed E-state index contributed by atoms with van der Waals surface area (Å²) in [6.45, 7) is 16.4. The minimum absolute atomic E-state index is 0. The third kappa shape index (κ3) is 11.7. The zero-order valence-electron chi connectivity index (χ0n) is 26.6. The highest BCUT2D eigenvalue weighted by atomic mass is 16.5. The lowest BCUT2D eigenvalue weighted by Gasteiger charge is -2.35. The van der Waals surface area contributed by atoms with Gasteiger partial charge in [0.2, 0.25) is 5.89 Å². The van der Waals surface area contributed by atoms with Crippen molar-refractivity contribution in [2.45, 2.75) is 99.2 Å². The Bertz CT molecular complexity index is 1270. The molecule has 0 aliphatic carbocycles. The molecular formula is C34H49N3O5. The van der Waals surface area contributed by atoms with E-state index in [1.165, 1.54) is 4.90 Å². The Labute approximate surface area is 251 Å². The Hall–Kier alpha value is -3.65. The molecule has 2 aromatic rings. The predicted octanol–water partition coefficient (Wildman–Crippen LogP) is 6.66. The van der Waals surface area contributed by atoms with E-state index in [1.54, 1.807) is 19.1 Å². The van der Waals surface area contributed by atoms with E-state index >= 15 is 0 Å². The Morgan fingerprint density at radius 1 is 1.26 bits per heavy atom. The predicted molar refractivity (Wildman–Crippen MR) is 168 cm³/mol. The van der Waals surface area contributed by atoms with Crippen LogP contribution in [0.4, 0.5) is 0 Å². The SMILES string of the molecule is C/C=C/C=C(\C)C(=O)N1Cc2cc(OCCc3nc(/C=C/CCC(C)C)oc3C)ccc2C[C@H]1C(=O)O.CC(C)(C)N. The van der Waals surface area contributed by atoms with Crippen molar-refractivity contribution in [1.29, 1.82) is 0 Å². The highest BCUT2D eigenvalue weighted by Gasteiger charge is 2.35. The van der Waals surface area contributed by atoms with Crippen LogP contribution in [0.15, 0.2) is 52.5 Å². The lowest BCUT2D eigenvalue weighted by Crippen LogP contribution is -2.48. The number of nitrogens with zero attached hydrogens (tertiary/aromatic N) is 2. The molecule has 1 aromatic heterocycles. The number of hydrogen-bond donors (Lipinski definition) is 2. The second-order valence-electron chi connectivity index (χ2n) is 12.2. The van der Waals surface area contributed by atoms with Gasteiger partial charge in [0.15, 0.2) is 0 Å². The molecule has 3 rings (SSSR count). The van der Waals surface area contributed by atoms with E-state index in [9.17, 15) is 14.7 Å². The number of amides is 1. The average Bonchev–Trinajstić information content (AvgIpc) is 3.26. The highest BCUT2D eigenvalue weighted by molar-refractivity contribution is 5.96. The molecule has 8 nitrogen and oxygen atoms in total. The zero-order valence-corrected chi connectivity index (χ0v) is 26.6. The molecule has 8 heteroatoms. The highest BCUT2D eigenvalue weighted by Crippen LogP contribution is 2.28. The standard InChI is InChI=1S/C30H38N2O5.C4H11N/c1-6-7-11-21(4)29(33)32-19-24-17-25(14-13-23(24)18-27(32)30(34)35)36-16-15-26-22(5)37-28(31-26)12-9-8-10-20(2)3;1-4(2,3)5/h6-7,9,11-14,17,20,27H,8,10,15-16,18-19H2,1-5H3,(H,34,35);5H2,1-3H3/b7-6+,12-9+,21-11+;/t27-;/m0./s1. The number of benzene rings is 1. The molecular weight excluding hydrogens is 530 g/mol. The summed E-state index contributed by atoms with van der Waals surface area (Å²) in [5, 5.41) is 9.76. The van der Waals surface area contributed by atoms with E-state index in [-0.39, 0.29) is 24.4 Å². The quantitative estimate of drug-likeness (QED) is 0.226. The first kappa shape index (κ1) is 34.6. The van der Waals surface area contributed by atoms with Crippen molar-refractivity contribution in [2.24, 2.45) is 11.7 Å². The maximum absolute atomic E-state index is 13.0. The van der Waals surface area contributed by atoms with Gasteiger partial charge in [-0.3, -0.25) is 4.79 Å². The molecule has 1 aromatic carbocycles. The number of nitrogens with two attached hydrogens (primary N) is 1. The third-order valence-electron chi connectivity index (χ3n) is 6.42. The molecule has 0 bridgehead atoms. The first-order valence-corrected chi connectivity index (χ1v) is 14.7. The van der Waals surface area contributed by atoms with Crippen molar-refractivity contribution in [2.75, 3.05) is 6.61 Å². The summed E-state index contributed by atoms with van der Waals surface area (Å²) in [6, 6.07) is 4.75. The second-order valence-corrected chi connectivity index (χ2v) is 12.2. The van der Waals surface area contributed by atoms with Crippen molar-refractivity contribution in [3.8, 4) is 5.75 Å². The summed E-state index contributed by atoms with van der Waals surface area (Å²) >= 11 is 0. The number of rotatable bonds is 11. The van der Waals surface area contributed by atoms with E-state index in [4.69, 9.17) is 14.9 Å². The molecule has 0 saturated heterocycles. The number of oxazole rings is 1. The number of aromatic nitrogens is 1. The number of allylic oxidation sites excluding steroid dienone is 4. The number of carboxylic acids is 1. The van der Waals surface area contributed by atoms with Crippen molar-refractivity contribution in [3.63, 3.8) is 0 Å². The van der Waals surface area contributed by atoms with Gasteiger partial charge in [0.1, 0.15) is 17.6 Å². The normalized spacial score (nSPS) is 15.6. The van der Waals surface area contributed by atoms with Gasteiger partial charge in [0.25, 0.3) is 5.91 Å². The second kappa shape index (κ2) is 16.1. The molecule has 0 radical (unpaired) electrons. The molecule has 230 valence electrons. The van der Waals surface area contributed by atoms with Gasteiger partial charge in [-0.05, 0) is 89.6 Å². The molecule has 0 spiro atoms. The van der Waals surface area contributed by atoms with Crippen LogP contribution in [0, 0.1) is 12.8 Å². The first-order valence-electron chi connectivity index (χ1n) is 14.7. The summed E-state index contributed by atoms with van der Waals surface area (Å²) in [4.78, 5) is 30.9. The summed E-state index contributed by atoms with van der Waals surface area (Å²) in [7, 11) is 0. The maximum Gasteiger partial charge on any atom is 0.326 e. The van der Waals surface area contributed by atoms with Gasteiger partial charge in [0, 0.05) is 30.5 Å². The first-order chi connectivity index (χ1) is 19.7. The minimum atomic E-state index is -1.00. The third-order valence-corrected chi connectivity index (χ3v) is 6.42. The molecule has 0 unspecified atom stereocenters. The number of ether oxygens (including phenoxy) is 1. The number of carboxylic acid groups (broad SMARTS) is 1. The summed E-state index contributed by atoms with van der Waals surface area (Å²) < 4.78 is 11.8. The van der Waals surface area contributed by atoms with Gasteiger partial charge in [-0.2, -0.15) is 0 Å². The van der Waals surface area contributed by atoms with Crippen LogP contribution in [-0.2, 0) is 29.0 Å². The Kier molecular flexibility index (Phi) is 13.3. The number of aryl methyl sites for hydroxylation is 1. The van der Waals surface area contributed by atoms with Gasteiger partial charge >= 0.3 is 5.97 Å². The average molecular weight is 580 g/mol. The van der Waals surface area contributed by atoms with E-state index in [1.807, 2.05) is 65.0 Å². The minimum Gasteiger partial charge on any atom is -0.493 e. The van der Waals surface area contributed by atoms with E-state index in [2.05, 4.69) is 24.9 Å². The molecule has 0 fully saturated rings. The van der Waals surface area contributed by atoms with Crippen molar-refractivity contribution < 1.29 is 23.8 Å². The largest absolute Gasteiger partial charge is 0.493 e. The topological polar surface area (TPSA) is 119 Å². The van der Waals surface area contributed by atoms with Crippen LogP contribution in [0.25, 0.3) is 6.08 Å². The van der Waals surface area contributed by atoms with Crippen molar-refractivity contribution >= 4 is 18.0 Å². The van der Waals surface area contributed by atoms with Crippen LogP contribution in [0.2, 0.25) is 0 Å². The number of fused-ring (bicyclic) bond motifs is 1. The Balaban J connectivity index is 0.00000113. The number of carbonyl (C=O) groups is 2.